The Kier molecular flexibility index (Phi) is 8.96. The van der Waals surface area contributed by atoms with E-state index in [1.165, 1.54) is 17.7 Å². The van der Waals surface area contributed by atoms with Crippen molar-refractivity contribution in [3.63, 3.8) is 0 Å². The number of hydrogen-bond donors (Lipinski definition) is 0. The maximum absolute atomic E-state index is 13.5. The molecule has 0 spiro atoms. The molecule has 3 nitrogen and oxygen atoms in total. The maximum Gasteiger partial charge on any atom is 0.573 e. The lowest BCUT2D eigenvalue weighted by atomic mass is 9.78. The third-order valence-electron chi connectivity index (χ3n) is 7.27. The summed E-state index contributed by atoms with van der Waals surface area (Å²) in [7, 11) is 0. The summed E-state index contributed by atoms with van der Waals surface area (Å²) < 4.78 is 47.6. The van der Waals surface area contributed by atoms with Crippen LogP contribution in [-0.2, 0) is 17.6 Å². The smallest absolute Gasteiger partial charge is 0.406 e. The Bertz CT molecular complexity index is 1310. The van der Waals surface area contributed by atoms with Gasteiger partial charge in [-0.1, -0.05) is 67.6 Å². The highest BCUT2D eigenvalue weighted by Gasteiger charge is 2.31. The van der Waals surface area contributed by atoms with Gasteiger partial charge in [0.2, 0.25) is 0 Å². The Morgan fingerprint density at radius 3 is 2.15 bits per heavy atom. The van der Waals surface area contributed by atoms with Crippen LogP contribution in [0.3, 0.4) is 0 Å². The van der Waals surface area contributed by atoms with Crippen LogP contribution in [0.15, 0.2) is 72.8 Å². The second kappa shape index (κ2) is 12.2. The van der Waals surface area contributed by atoms with Crippen molar-refractivity contribution in [3.05, 3.63) is 95.1 Å². The van der Waals surface area contributed by atoms with Gasteiger partial charge in [0, 0.05) is 11.5 Å². The van der Waals surface area contributed by atoms with Gasteiger partial charge in [0.1, 0.15) is 5.75 Å². The molecule has 206 valence electrons. The molecule has 39 heavy (non-hydrogen) atoms. The number of carbonyl (C=O) groups excluding carboxylic acids is 1. The van der Waals surface area contributed by atoms with Gasteiger partial charge in [-0.25, -0.2) is 0 Å². The summed E-state index contributed by atoms with van der Waals surface area (Å²) in [6.07, 6.45) is 1.27. The van der Waals surface area contributed by atoms with Crippen LogP contribution in [0.5, 0.6) is 5.75 Å². The highest BCUT2D eigenvalue weighted by molar-refractivity contribution is 6.08. The molecule has 1 unspecified atom stereocenters. The number of hydrogen-bond acceptors (Lipinski definition) is 3. The fraction of sp³-hybridized carbons (Fsp3) is 0.364. The summed E-state index contributed by atoms with van der Waals surface area (Å²) in [6, 6.07) is 19.7. The Labute approximate surface area is 228 Å². The lowest BCUT2D eigenvalue weighted by Crippen LogP contribution is -2.21. The molecule has 0 heterocycles. The summed E-state index contributed by atoms with van der Waals surface area (Å²) in [4.78, 5) is 13.5. The lowest BCUT2D eigenvalue weighted by Gasteiger charge is -2.24. The van der Waals surface area contributed by atoms with E-state index in [9.17, 15) is 18.0 Å². The minimum absolute atomic E-state index is 0.0505. The first kappa shape index (κ1) is 28.6. The van der Waals surface area contributed by atoms with E-state index in [1.807, 2.05) is 31.2 Å². The van der Waals surface area contributed by atoms with Crippen molar-refractivity contribution >= 4 is 11.4 Å². The fourth-order valence-electron chi connectivity index (χ4n) is 5.10. The number of halogens is 3. The number of carbonyl (C=O) groups is 1. The number of aryl methyl sites for hydroxylation is 1. The predicted molar refractivity (Wildman–Crippen MR) is 149 cm³/mol. The van der Waals surface area contributed by atoms with Crippen molar-refractivity contribution in [2.75, 3.05) is 0 Å². The van der Waals surface area contributed by atoms with Crippen LogP contribution in [0.4, 0.5) is 13.2 Å². The number of alkyl halides is 3. The molecule has 0 aliphatic heterocycles. The van der Waals surface area contributed by atoms with Crippen LogP contribution >= 0.6 is 0 Å². The molecule has 1 aliphatic carbocycles. The van der Waals surface area contributed by atoms with Crippen molar-refractivity contribution in [1.82, 2.24) is 0 Å². The number of ketones is 1. The van der Waals surface area contributed by atoms with Crippen LogP contribution in [-0.4, -0.2) is 24.4 Å². The van der Waals surface area contributed by atoms with Gasteiger partial charge in [-0.05, 0) is 92.0 Å². The fourth-order valence-corrected chi connectivity index (χ4v) is 5.10. The second-order valence-electron chi connectivity index (χ2n) is 10.3. The minimum Gasteiger partial charge on any atom is -0.406 e. The average molecular weight is 537 g/mol. The maximum atomic E-state index is 13.5. The molecule has 0 aromatic heterocycles. The van der Waals surface area contributed by atoms with Gasteiger partial charge < -0.3 is 9.47 Å². The van der Waals surface area contributed by atoms with Gasteiger partial charge in [0.25, 0.3) is 0 Å². The summed E-state index contributed by atoms with van der Waals surface area (Å²) in [5.74, 6) is -0.501. The van der Waals surface area contributed by atoms with Crippen molar-refractivity contribution in [2.24, 2.45) is 5.92 Å². The zero-order valence-corrected chi connectivity index (χ0v) is 22.8. The molecule has 0 N–H and O–H groups in total. The zero-order chi connectivity index (χ0) is 28.2. The van der Waals surface area contributed by atoms with E-state index >= 15 is 0 Å². The number of ether oxygens (including phenoxy) is 2. The highest BCUT2D eigenvalue weighted by atomic mass is 19.4. The summed E-state index contributed by atoms with van der Waals surface area (Å²) in [6.45, 7) is 8.32. The molecule has 0 radical (unpaired) electrons. The zero-order valence-electron chi connectivity index (χ0n) is 22.8. The van der Waals surface area contributed by atoms with Gasteiger partial charge in [0.15, 0.2) is 5.78 Å². The Balaban J connectivity index is 1.46. The van der Waals surface area contributed by atoms with Crippen LogP contribution in [0, 0.1) is 5.92 Å². The molecule has 0 fully saturated rings. The molecule has 4 rings (SSSR count). The van der Waals surface area contributed by atoms with Crippen molar-refractivity contribution in [2.45, 2.75) is 71.9 Å². The van der Waals surface area contributed by atoms with Crippen molar-refractivity contribution < 1.29 is 27.4 Å². The topological polar surface area (TPSA) is 35.5 Å². The summed E-state index contributed by atoms with van der Waals surface area (Å²) in [5, 5.41) is 0. The molecule has 3 atom stereocenters. The van der Waals surface area contributed by atoms with E-state index in [2.05, 4.69) is 49.8 Å². The van der Waals surface area contributed by atoms with E-state index in [1.54, 1.807) is 12.1 Å². The first-order valence-corrected chi connectivity index (χ1v) is 13.5. The van der Waals surface area contributed by atoms with Gasteiger partial charge >= 0.3 is 6.36 Å². The van der Waals surface area contributed by atoms with E-state index in [0.717, 1.165) is 47.1 Å². The van der Waals surface area contributed by atoms with Gasteiger partial charge in [-0.3, -0.25) is 4.79 Å². The number of Topliss-reactive ketones (excluding diaryl/α,β-unsaturated/α-hetero) is 1. The largest absolute Gasteiger partial charge is 0.573 e. The third-order valence-corrected chi connectivity index (χ3v) is 7.27. The number of rotatable bonds is 10. The molecule has 1 aliphatic rings. The summed E-state index contributed by atoms with van der Waals surface area (Å²) in [5.41, 5.74) is 6.33. The van der Waals surface area contributed by atoms with Gasteiger partial charge in [0.05, 0.1) is 12.2 Å². The summed E-state index contributed by atoms with van der Waals surface area (Å²) >= 11 is 0. The molecule has 0 saturated heterocycles. The highest BCUT2D eigenvalue weighted by Crippen LogP contribution is 2.38. The van der Waals surface area contributed by atoms with E-state index in [4.69, 9.17) is 4.74 Å². The molecule has 3 aromatic carbocycles. The molecule has 0 amide bonds. The van der Waals surface area contributed by atoms with Crippen LogP contribution in [0.2, 0.25) is 0 Å². The van der Waals surface area contributed by atoms with E-state index in [-0.39, 0.29) is 29.7 Å². The Hall–Kier alpha value is -3.38. The molecular weight excluding hydrogens is 501 g/mol. The number of allylic oxidation sites excluding steroid dienone is 2. The molecule has 6 heteroatoms. The van der Waals surface area contributed by atoms with Crippen LogP contribution in [0.25, 0.3) is 16.7 Å². The Morgan fingerprint density at radius 2 is 1.51 bits per heavy atom. The van der Waals surface area contributed by atoms with Gasteiger partial charge in [-0.15, -0.1) is 13.2 Å². The average Bonchev–Trinajstić information content (AvgIpc) is 2.90. The molecular formula is C33H35F3O3. The quantitative estimate of drug-likeness (QED) is 0.260. The molecule has 3 aromatic rings. The number of benzene rings is 3. The number of fused-ring (bicyclic) bond motifs is 1. The third kappa shape index (κ3) is 7.39. The first-order valence-electron chi connectivity index (χ1n) is 13.5. The van der Waals surface area contributed by atoms with Crippen LogP contribution < -0.4 is 4.74 Å². The van der Waals surface area contributed by atoms with Crippen molar-refractivity contribution in [1.29, 1.82) is 0 Å². The second-order valence-corrected chi connectivity index (χ2v) is 10.3. The standard InChI is InChI=1S/C33H35F3O3/c1-5-22(3)38-23(4)9-10-24-11-13-25(14-12-24)20-27-19-21(2)31-29(7-6-8-30(31)32(27)37)26-15-17-28(18-16-26)39-33(34,35)36/h6-8,11-19,22-23,27H,5,9-10,20H2,1-4H3/t22-,23+,27?/m1/s1. The SMILES string of the molecule is CC[C@@H](C)O[C@@H](C)CCc1ccc(CC2C=C(C)c3c(cccc3-c3ccc(OC(F)(F)F)cc3)C2=O)cc1. The van der Waals surface area contributed by atoms with Crippen LogP contribution in [0.1, 0.15) is 67.6 Å². The van der Waals surface area contributed by atoms with E-state index < -0.39 is 6.36 Å². The lowest BCUT2D eigenvalue weighted by molar-refractivity contribution is -0.274. The normalized spacial score (nSPS) is 16.8. The first-order chi connectivity index (χ1) is 18.5. The minimum atomic E-state index is -4.74. The predicted octanol–water partition coefficient (Wildman–Crippen LogP) is 8.85. The Morgan fingerprint density at radius 1 is 0.872 bits per heavy atom. The van der Waals surface area contributed by atoms with Gasteiger partial charge in [-0.2, -0.15) is 0 Å². The molecule has 0 bridgehead atoms. The monoisotopic (exact) mass is 536 g/mol. The van der Waals surface area contributed by atoms with Crippen molar-refractivity contribution in [3.8, 4) is 16.9 Å². The van der Waals surface area contributed by atoms with E-state index in [0.29, 0.717) is 12.0 Å². The molecule has 0 saturated carbocycles.